The van der Waals surface area contributed by atoms with E-state index >= 15 is 0 Å². The first-order chi connectivity index (χ1) is 10.6. The maximum atomic E-state index is 12.9. The molecule has 0 bridgehead atoms. The standard InChI is InChI=1S/C15H10F2N4O/c16-11-5-1-9(2-6-11)13-18-15(21-20-13)19-14(22)10-3-7-12(17)8-4-10/h1-8H,(H2,18,19,20,21,22). The van der Waals surface area contributed by atoms with Gasteiger partial charge in [0, 0.05) is 11.1 Å². The van der Waals surface area contributed by atoms with Gasteiger partial charge >= 0.3 is 0 Å². The van der Waals surface area contributed by atoms with Crippen LogP contribution in [0.5, 0.6) is 0 Å². The number of anilines is 1. The second-order valence-electron chi connectivity index (χ2n) is 4.48. The molecule has 0 fully saturated rings. The van der Waals surface area contributed by atoms with E-state index in [1.165, 1.54) is 36.4 Å². The number of rotatable bonds is 3. The molecule has 110 valence electrons. The molecule has 0 spiro atoms. The molecule has 0 saturated heterocycles. The maximum Gasteiger partial charge on any atom is 0.258 e. The summed E-state index contributed by atoms with van der Waals surface area (Å²) in [6.45, 7) is 0. The molecule has 0 atom stereocenters. The first kappa shape index (κ1) is 13.9. The number of H-pyrrole nitrogens is 1. The topological polar surface area (TPSA) is 70.7 Å². The van der Waals surface area contributed by atoms with Gasteiger partial charge in [0.15, 0.2) is 5.82 Å². The van der Waals surface area contributed by atoms with Crippen molar-refractivity contribution < 1.29 is 13.6 Å². The number of halogens is 2. The highest BCUT2D eigenvalue weighted by Gasteiger charge is 2.11. The van der Waals surface area contributed by atoms with Crippen molar-refractivity contribution in [3.05, 3.63) is 65.7 Å². The zero-order valence-corrected chi connectivity index (χ0v) is 11.2. The molecule has 1 aromatic heterocycles. The van der Waals surface area contributed by atoms with Crippen LogP contribution >= 0.6 is 0 Å². The lowest BCUT2D eigenvalue weighted by Crippen LogP contribution is -2.12. The van der Waals surface area contributed by atoms with E-state index in [1.807, 2.05) is 0 Å². The van der Waals surface area contributed by atoms with Crippen LogP contribution in [0.2, 0.25) is 0 Å². The first-order valence-electron chi connectivity index (χ1n) is 6.37. The second kappa shape index (κ2) is 5.72. The van der Waals surface area contributed by atoms with Gasteiger partial charge in [-0.15, -0.1) is 5.10 Å². The van der Waals surface area contributed by atoms with Crippen LogP contribution in [0.4, 0.5) is 14.7 Å². The number of benzene rings is 2. The summed E-state index contributed by atoms with van der Waals surface area (Å²) < 4.78 is 25.7. The highest BCUT2D eigenvalue weighted by Crippen LogP contribution is 2.16. The molecule has 0 saturated carbocycles. The largest absolute Gasteiger partial charge is 0.289 e. The van der Waals surface area contributed by atoms with Crippen LogP contribution in [-0.2, 0) is 0 Å². The van der Waals surface area contributed by atoms with Crippen molar-refractivity contribution in [1.82, 2.24) is 15.2 Å². The first-order valence-corrected chi connectivity index (χ1v) is 6.37. The summed E-state index contributed by atoms with van der Waals surface area (Å²) >= 11 is 0. The predicted octanol–water partition coefficient (Wildman–Crippen LogP) is 3.00. The smallest absolute Gasteiger partial charge is 0.258 e. The van der Waals surface area contributed by atoms with Crippen LogP contribution in [0.1, 0.15) is 10.4 Å². The molecule has 0 aliphatic rings. The quantitative estimate of drug-likeness (QED) is 0.781. The van der Waals surface area contributed by atoms with Crippen molar-refractivity contribution in [3.8, 4) is 11.4 Å². The number of carbonyl (C=O) groups excluding carboxylic acids is 1. The van der Waals surface area contributed by atoms with Gasteiger partial charge in [-0.2, -0.15) is 4.98 Å². The van der Waals surface area contributed by atoms with E-state index < -0.39 is 11.7 Å². The molecule has 0 unspecified atom stereocenters. The summed E-state index contributed by atoms with van der Waals surface area (Å²) in [6.07, 6.45) is 0. The van der Waals surface area contributed by atoms with Crippen molar-refractivity contribution in [1.29, 1.82) is 0 Å². The Bertz CT molecular complexity index is 797. The van der Waals surface area contributed by atoms with Gasteiger partial charge in [0.05, 0.1) is 0 Å². The Morgan fingerprint density at radius 3 is 2.18 bits per heavy atom. The second-order valence-corrected chi connectivity index (χ2v) is 4.48. The molecule has 0 aliphatic carbocycles. The van der Waals surface area contributed by atoms with Gasteiger partial charge in [0.25, 0.3) is 5.91 Å². The van der Waals surface area contributed by atoms with Gasteiger partial charge in [-0.3, -0.25) is 15.2 Å². The lowest BCUT2D eigenvalue weighted by molar-refractivity contribution is 0.102. The molecule has 0 aliphatic heterocycles. The molecule has 2 aromatic carbocycles. The average molecular weight is 300 g/mol. The number of hydrogen-bond donors (Lipinski definition) is 2. The maximum absolute atomic E-state index is 12.9. The van der Waals surface area contributed by atoms with Crippen LogP contribution in [0.3, 0.4) is 0 Å². The molecular formula is C15H10F2N4O. The van der Waals surface area contributed by atoms with Gasteiger partial charge in [-0.05, 0) is 48.5 Å². The van der Waals surface area contributed by atoms with E-state index in [0.29, 0.717) is 11.4 Å². The summed E-state index contributed by atoms with van der Waals surface area (Å²) in [6, 6.07) is 10.8. The fourth-order valence-electron chi connectivity index (χ4n) is 1.83. The SMILES string of the molecule is O=C(Nc1n[nH]c(-c2ccc(F)cc2)n1)c1ccc(F)cc1. The minimum atomic E-state index is -0.454. The summed E-state index contributed by atoms with van der Waals surface area (Å²) in [5, 5.41) is 9.00. The summed E-state index contributed by atoms with van der Waals surface area (Å²) in [7, 11) is 0. The van der Waals surface area contributed by atoms with Crippen molar-refractivity contribution >= 4 is 11.9 Å². The lowest BCUT2D eigenvalue weighted by atomic mass is 10.2. The number of hydrogen-bond acceptors (Lipinski definition) is 3. The molecule has 1 amide bonds. The fraction of sp³-hybridized carbons (Fsp3) is 0. The number of nitrogens with zero attached hydrogens (tertiary/aromatic N) is 2. The third kappa shape index (κ3) is 2.98. The number of amides is 1. The molecule has 0 radical (unpaired) electrons. The van der Waals surface area contributed by atoms with Crippen LogP contribution < -0.4 is 5.32 Å². The Morgan fingerprint density at radius 1 is 0.955 bits per heavy atom. The minimum Gasteiger partial charge on any atom is -0.289 e. The predicted molar refractivity (Wildman–Crippen MR) is 76.1 cm³/mol. The monoisotopic (exact) mass is 300 g/mol. The minimum absolute atomic E-state index is 0.0775. The van der Waals surface area contributed by atoms with E-state index in [2.05, 4.69) is 20.5 Å². The molecule has 3 aromatic rings. The highest BCUT2D eigenvalue weighted by atomic mass is 19.1. The van der Waals surface area contributed by atoms with Crippen molar-refractivity contribution in [3.63, 3.8) is 0 Å². The fourth-order valence-corrected chi connectivity index (χ4v) is 1.83. The van der Waals surface area contributed by atoms with Crippen molar-refractivity contribution in [2.75, 3.05) is 5.32 Å². The van der Waals surface area contributed by atoms with Gasteiger partial charge in [0.2, 0.25) is 5.95 Å². The normalized spacial score (nSPS) is 10.5. The third-order valence-corrected chi connectivity index (χ3v) is 2.93. The molecular weight excluding hydrogens is 290 g/mol. The van der Waals surface area contributed by atoms with E-state index in [9.17, 15) is 13.6 Å². The number of nitrogens with one attached hydrogen (secondary N) is 2. The van der Waals surface area contributed by atoms with E-state index in [-0.39, 0.29) is 17.3 Å². The molecule has 5 nitrogen and oxygen atoms in total. The Hall–Kier alpha value is -3.09. The number of aromatic nitrogens is 3. The average Bonchev–Trinajstić information content (AvgIpc) is 2.97. The van der Waals surface area contributed by atoms with E-state index in [4.69, 9.17) is 0 Å². The Labute approximate surface area is 124 Å². The van der Waals surface area contributed by atoms with Crippen LogP contribution in [0, 0.1) is 11.6 Å². The Balaban J connectivity index is 1.75. The molecule has 1 heterocycles. The number of aromatic amines is 1. The van der Waals surface area contributed by atoms with Gasteiger partial charge in [-0.1, -0.05) is 0 Å². The highest BCUT2D eigenvalue weighted by molar-refractivity contribution is 6.03. The number of carbonyl (C=O) groups is 1. The summed E-state index contributed by atoms with van der Waals surface area (Å²) in [5.41, 5.74) is 0.922. The van der Waals surface area contributed by atoms with Crippen LogP contribution in [-0.4, -0.2) is 21.1 Å². The van der Waals surface area contributed by atoms with Gasteiger partial charge < -0.3 is 0 Å². The van der Waals surface area contributed by atoms with E-state index in [1.54, 1.807) is 12.1 Å². The Kier molecular flexibility index (Phi) is 3.61. The van der Waals surface area contributed by atoms with E-state index in [0.717, 1.165) is 0 Å². The summed E-state index contributed by atoms with van der Waals surface area (Å²) in [4.78, 5) is 16.0. The zero-order chi connectivity index (χ0) is 15.5. The molecule has 22 heavy (non-hydrogen) atoms. The van der Waals surface area contributed by atoms with Crippen molar-refractivity contribution in [2.24, 2.45) is 0 Å². The zero-order valence-electron chi connectivity index (χ0n) is 11.2. The Morgan fingerprint density at radius 2 is 1.55 bits per heavy atom. The van der Waals surface area contributed by atoms with Crippen LogP contribution in [0.25, 0.3) is 11.4 Å². The third-order valence-electron chi connectivity index (χ3n) is 2.93. The lowest BCUT2D eigenvalue weighted by Gasteiger charge is -2.00. The molecule has 7 heteroatoms. The van der Waals surface area contributed by atoms with Gasteiger partial charge in [0.1, 0.15) is 11.6 Å². The van der Waals surface area contributed by atoms with Crippen LogP contribution in [0.15, 0.2) is 48.5 Å². The summed E-state index contributed by atoms with van der Waals surface area (Å²) in [5.74, 6) is -0.756. The van der Waals surface area contributed by atoms with Gasteiger partial charge in [-0.25, -0.2) is 8.78 Å². The molecule has 2 N–H and O–H groups in total. The molecule has 3 rings (SSSR count). The van der Waals surface area contributed by atoms with Crippen molar-refractivity contribution in [2.45, 2.75) is 0 Å².